The van der Waals surface area contributed by atoms with Crippen LogP contribution >= 0.6 is 11.5 Å². The third-order valence-corrected chi connectivity index (χ3v) is 3.17. The van der Waals surface area contributed by atoms with Crippen LogP contribution in [0.4, 0.5) is 11.4 Å². The summed E-state index contributed by atoms with van der Waals surface area (Å²) < 4.78 is 3.66. The van der Waals surface area contributed by atoms with Crippen LogP contribution in [0.25, 0.3) is 0 Å². The Balaban J connectivity index is 1.80. The minimum Gasteiger partial charge on any atom is -0.384 e. The van der Waals surface area contributed by atoms with Gasteiger partial charge in [0.2, 0.25) is 0 Å². The first kappa shape index (κ1) is 10.2. The Hall–Kier alpha value is -1.95. The maximum atomic E-state index is 11.8. The van der Waals surface area contributed by atoms with Gasteiger partial charge in [0.1, 0.15) is 0 Å². The second-order valence-electron chi connectivity index (χ2n) is 3.79. The number of rotatable bonds is 2. The van der Waals surface area contributed by atoms with E-state index in [4.69, 9.17) is 0 Å². The first-order chi connectivity index (χ1) is 8.33. The van der Waals surface area contributed by atoms with Crippen LogP contribution in [0.3, 0.4) is 0 Å². The summed E-state index contributed by atoms with van der Waals surface area (Å²) in [4.78, 5) is 11.8. The van der Waals surface area contributed by atoms with Crippen molar-refractivity contribution >= 4 is 28.8 Å². The molecule has 0 radical (unpaired) electrons. The van der Waals surface area contributed by atoms with Gasteiger partial charge in [0, 0.05) is 23.3 Å². The molecule has 17 heavy (non-hydrogen) atoms. The van der Waals surface area contributed by atoms with Crippen molar-refractivity contribution in [1.82, 2.24) is 9.59 Å². The topological polar surface area (TPSA) is 66.9 Å². The molecule has 0 fully saturated rings. The number of amides is 1. The van der Waals surface area contributed by atoms with Crippen molar-refractivity contribution in [2.75, 3.05) is 17.2 Å². The Bertz CT molecular complexity index is 553. The van der Waals surface area contributed by atoms with Crippen LogP contribution in [0.2, 0.25) is 0 Å². The Morgan fingerprint density at radius 2 is 2.41 bits per heavy atom. The summed E-state index contributed by atoms with van der Waals surface area (Å²) in [5.41, 5.74) is 3.54. The van der Waals surface area contributed by atoms with Gasteiger partial charge in [-0.3, -0.25) is 4.79 Å². The minimum atomic E-state index is -0.218. The second-order valence-corrected chi connectivity index (χ2v) is 4.40. The number of nitrogens with one attached hydrogen (secondary N) is 2. The fraction of sp³-hybridized carbons (Fsp3) is 0.182. The Labute approximate surface area is 102 Å². The summed E-state index contributed by atoms with van der Waals surface area (Å²) in [6, 6.07) is 5.86. The zero-order chi connectivity index (χ0) is 11.7. The van der Waals surface area contributed by atoms with Gasteiger partial charge in [0.25, 0.3) is 5.91 Å². The van der Waals surface area contributed by atoms with Crippen LogP contribution in [0.15, 0.2) is 23.6 Å². The number of hydrogen-bond acceptors (Lipinski definition) is 5. The monoisotopic (exact) mass is 246 g/mol. The zero-order valence-electron chi connectivity index (χ0n) is 8.93. The maximum absolute atomic E-state index is 11.8. The fourth-order valence-corrected chi connectivity index (χ4v) is 2.28. The zero-order valence-corrected chi connectivity index (χ0v) is 9.75. The molecule has 2 heterocycles. The molecule has 0 atom stereocenters. The fourth-order valence-electron chi connectivity index (χ4n) is 1.84. The van der Waals surface area contributed by atoms with Crippen LogP contribution in [0, 0.1) is 0 Å². The largest absolute Gasteiger partial charge is 0.384 e. The molecule has 0 spiro atoms. The van der Waals surface area contributed by atoms with Gasteiger partial charge in [-0.1, -0.05) is 4.49 Å². The lowest BCUT2D eigenvalue weighted by atomic mass is 10.1. The minimum absolute atomic E-state index is 0.218. The molecule has 0 saturated carbocycles. The summed E-state index contributed by atoms with van der Waals surface area (Å²) in [6.07, 6.45) is 0.997. The second kappa shape index (κ2) is 4.14. The number of carbonyl (C=O) groups excluding carboxylic acids is 1. The van der Waals surface area contributed by atoms with E-state index in [9.17, 15) is 4.79 Å². The number of anilines is 2. The summed E-state index contributed by atoms with van der Waals surface area (Å²) >= 11 is 1.17. The molecule has 3 rings (SSSR count). The quantitative estimate of drug-likeness (QED) is 0.847. The molecule has 1 aliphatic rings. The highest BCUT2D eigenvalue weighted by Crippen LogP contribution is 2.25. The molecule has 0 aliphatic carbocycles. The van der Waals surface area contributed by atoms with Gasteiger partial charge < -0.3 is 10.6 Å². The summed E-state index contributed by atoms with van der Waals surface area (Å²) in [5, 5.41) is 11.4. The first-order valence-electron chi connectivity index (χ1n) is 5.28. The van der Waals surface area contributed by atoms with Gasteiger partial charge in [-0.05, 0) is 41.7 Å². The smallest absolute Gasteiger partial charge is 0.277 e. The number of aromatic nitrogens is 2. The van der Waals surface area contributed by atoms with Crippen molar-refractivity contribution in [1.29, 1.82) is 0 Å². The molecule has 0 unspecified atom stereocenters. The van der Waals surface area contributed by atoms with Gasteiger partial charge in [0.15, 0.2) is 5.69 Å². The number of hydrogen-bond donors (Lipinski definition) is 2. The van der Waals surface area contributed by atoms with E-state index < -0.39 is 0 Å². The van der Waals surface area contributed by atoms with Gasteiger partial charge in [-0.15, -0.1) is 5.10 Å². The third-order valence-electron chi connectivity index (χ3n) is 2.67. The van der Waals surface area contributed by atoms with E-state index in [1.807, 2.05) is 18.2 Å². The highest BCUT2D eigenvalue weighted by molar-refractivity contribution is 7.03. The van der Waals surface area contributed by atoms with Gasteiger partial charge >= 0.3 is 0 Å². The van der Waals surface area contributed by atoms with Crippen LogP contribution in [0.5, 0.6) is 0 Å². The molecule has 86 valence electrons. The number of carbonyl (C=O) groups is 1. The van der Waals surface area contributed by atoms with Gasteiger partial charge in [0.05, 0.1) is 0 Å². The molecular weight excluding hydrogens is 236 g/mol. The van der Waals surface area contributed by atoms with Crippen molar-refractivity contribution in [3.05, 3.63) is 34.8 Å². The number of benzene rings is 1. The van der Waals surface area contributed by atoms with E-state index in [0.29, 0.717) is 5.69 Å². The van der Waals surface area contributed by atoms with Crippen LogP contribution < -0.4 is 10.6 Å². The molecule has 2 N–H and O–H groups in total. The summed E-state index contributed by atoms with van der Waals surface area (Å²) in [5.74, 6) is -0.218. The Morgan fingerprint density at radius 3 is 3.24 bits per heavy atom. The number of fused-ring (bicyclic) bond motifs is 1. The van der Waals surface area contributed by atoms with Gasteiger partial charge in [-0.2, -0.15) is 0 Å². The lowest BCUT2D eigenvalue weighted by molar-refractivity contribution is 0.102. The average molecular weight is 246 g/mol. The van der Waals surface area contributed by atoms with E-state index in [0.717, 1.165) is 24.3 Å². The molecule has 1 aromatic heterocycles. The van der Waals surface area contributed by atoms with Crippen LogP contribution in [0.1, 0.15) is 16.1 Å². The molecule has 1 aliphatic heterocycles. The van der Waals surface area contributed by atoms with Gasteiger partial charge in [-0.25, -0.2) is 0 Å². The summed E-state index contributed by atoms with van der Waals surface area (Å²) in [7, 11) is 0. The predicted octanol–water partition coefficient (Wildman–Crippen LogP) is 1.76. The number of nitrogens with zero attached hydrogens (tertiary/aromatic N) is 2. The summed E-state index contributed by atoms with van der Waals surface area (Å²) in [6.45, 7) is 0.961. The molecule has 6 heteroatoms. The Morgan fingerprint density at radius 1 is 1.47 bits per heavy atom. The van der Waals surface area contributed by atoms with Crippen molar-refractivity contribution in [3.63, 3.8) is 0 Å². The highest BCUT2D eigenvalue weighted by Gasteiger charge is 2.12. The van der Waals surface area contributed by atoms with Crippen molar-refractivity contribution in [2.45, 2.75) is 6.42 Å². The predicted molar refractivity (Wildman–Crippen MR) is 66.5 cm³/mol. The van der Waals surface area contributed by atoms with E-state index in [2.05, 4.69) is 20.2 Å². The lowest BCUT2D eigenvalue weighted by Crippen LogP contribution is -2.12. The molecule has 5 nitrogen and oxygen atoms in total. The molecular formula is C11H10N4OS. The molecule has 2 aromatic rings. The molecule has 0 saturated heterocycles. The normalized spacial score (nSPS) is 12.9. The van der Waals surface area contributed by atoms with Crippen molar-refractivity contribution in [3.8, 4) is 0 Å². The van der Waals surface area contributed by atoms with E-state index in [1.54, 1.807) is 5.38 Å². The van der Waals surface area contributed by atoms with Crippen molar-refractivity contribution < 1.29 is 4.79 Å². The molecule has 1 aromatic carbocycles. The van der Waals surface area contributed by atoms with E-state index >= 15 is 0 Å². The van der Waals surface area contributed by atoms with Crippen LogP contribution in [-0.4, -0.2) is 22.0 Å². The highest BCUT2D eigenvalue weighted by atomic mass is 32.1. The SMILES string of the molecule is O=C(Nc1ccc2c(c1)CCN2)c1csnn1. The van der Waals surface area contributed by atoms with Crippen LogP contribution in [-0.2, 0) is 6.42 Å². The molecule has 1 amide bonds. The first-order valence-corrected chi connectivity index (χ1v) is 6.12. The third kappa shape index (κ3) is 1.99. The van der Waals surface area contributed by atoms with Crippen molar-refractivity contribution in [2.24, 2.45) is 0 Å². The Kier molecular flexibility index (Phi) is 2.49. The average Bonchev–Trinajstić information content (AvgIpc) is 2.99. The standard InChI is InChI=1S/C11H10N4OS/c16-11(10-6-17-15-14-10)13-8-1-2-9-7(5-8)3-4-12-9/h1-2,5-6,12H,3-4H2,(H,13,16). The van der Waals surface area contributed by atoms with E-state index in [-0.39, 0.29) is 5.91 Å². The lowest BCUT2D eigenvalue weighted by Gasteiger charge is -2.05. The molecule has 0 bridgehead atoms. The van der Waals surface area contributed by atoms with E-state index in [1.165, 1.54) is 17.1 Å². The maximum Gasteiger partial charge on any atom is 0.277 e.